The number of nitrogens with two attached hydrogens (primary N) is 2. The molecule has 43 heteroatoms. The van der Waals surface area contributed by atoms with E-state index in [1.165, 1.54) is 80.5 Å². The van der Waals surface area contributed by atoms with Crippen molar-refractivity contribution >= 4 is 128 Å². The third-order valence-electron chi connectivity index (χ3n) is 24.6. The number of carboxylic acid groups (broad SMARTS) is 1. The van der Waals surface area contributed by atoms with Gasteiger partial charge in [-0.3, -0.25) is 86.3 Å². The summed E-state index contributed by atoms with van der Waals surface area (Å²) in [5, 5.41) is 62.1. The van der Waals surface area contributed by atoms with Gasteiger partial charge < -0.3 is 124 Å². The second kappa shape index (κ2) is 49.9. The van der Waals surface area contributed by atoms with Gasteiger partial charge in [0, 0.05) is 113 Å². The van der Waals surface area contributed by atoms with E-state index in [1.807, 2.05) is 13.8 Å². The molecule has 3 aromatic carbocycles. The van der Waals surface area contributed by atoms with Crippen LogP contribution in [0.1, 0.15) is 154 Å². The average molecular weight is 1890 g/mol. The zero-order chi connectivity index (χ0) is 99.5. The number of unbranched alkanes of at least 4 members (excludes halogenated alkanes) is 2. The zero-order valence-corrected chi connectivity index (χ0v) is 78.4. The lowest BCUT2D eigenvalue weighted by Crippen LogP contribution is -2.62. The summed E-state index contributed by atoms with van der Waals surface area (Å²) >= 11 is 0. The van der Waals surface area contributed by atoms with E-state index < -0.39 is 237 Å². The minimum Gasteiger partial charge on any atom is -0.508 e. The molecule has 3 fully saturated rings. The predicted molar refractivity (Wildman–Crippen MR) is 496 cm³/mol. The Kier molecular flexibility index (Phi) is 38.8. The summed E-state index contributed by atoms with van der Waals surface area (Å²) in [6.07, 6.45) is 5.73. The number of phenolic OH excluding ortho intramolecular Hbond substituents is 1. The SMILES string of the molecule is CCCC[C@H]1C(=O)N(C)[C@@H](CCCC)C(=O)N[C@@H](CC(C)C)C(=O)N[C@H](C(=O)NCC(N)=O)CNCC(=O)N[C@@H](Cc2ccc(O)cc2)C(=O)N(C)[C@@H](C)C(=O)N[C@@H](CC(N)=O)C(=O)N2CCC[C@H]2C(=O)N[C@@H](Cc2cnc[nH]2)C(=O)N[C@@H](CC(C)C)C(=O)N2CCC[C@H]2C(=O)N[C@@H](Cc2c[nH]c3ccccc23)C(=O)N[C@@H](CO)C(=O)N[C@@H](Cc2cn(CC(=O)O)c3ccccc23)C(=O)N1C. The number of aliphatic carboxylic acids is 1. The molecule has 3 saturated heterocycles. The van der Waals surface area contributed by atoms with E-state index in [0.717, 1.165) is 19.6 Å². The molecule has 0 radical (unpaired) electrons. The van der Waals surface area contributed by atoms with Crippen molar-refractivity contribution in [2.24, 2.45) is 23.3 Å². The number of primary amides is 2. The molecule has 9 rings (SSSR count). The number of carbonyl (C=O) groups is 18. The molecule has 0 saturated carbocycles. The summed E-state index contributed by atoms with van der Waals surface area (Å²) < 4.78 is 1.43. The summed E-state index contributed by atoms with van der Waals surface area (Å²) in [6, 6.07) is -2.23. The molecule has 20 N–H and O–H groups in total. The largest absolute Gasteiger partial charge is 0.508 e. The number of benzene rings is 3. The maximum atomic E-state index is 15.9. The number of fused-ring (bicyclic) bond motifs is 4. The highest BCUT2D eigenvalue weighted by Crippen LogP contribution is 2.29. The second-order valence-corrected chi connectivity index (χ2v) is 35.9. The van der Waals surface area contributed by atoms with Crippen molar-refractivity contribution in [1.82, 2.24) is 103 Å². The van der Waals surface area contributed by atoms with E-state index in [2.05, 4.69) is 73.4 Å². The number of aromatic nitrogens is 4. The molecule has 738 valence electrons. The molecule has 136 heavy (non-hydrogen) atoms. The molecule has 43 nitrogen and oxygen atoms in total. The molecule has 3 aliphatic heterocycles. The lowest BCUT2D eigenvalue weighted by atomic mass is 9.99. The first-order valence-corrected chi connectivity index (χ1v) is 46.1. The molecule has 0 bridgehead atoms. The monoisotopic (exact) mass is 1890 g/mol. The van der Waals surface area contributed by atoms with Gasteiger partial charge in [-0.05, 0) is 111 Å². The predicted octanol–water partition coefficient (Wildman–Crippen LogP) is -1.70. The Morgan fingerprint density at radius 3 is 1.65 bits per heavy atom. The summed E-state index contributed by atoms with van der Waals surface area (Å²) in [5.41, 5.74) is 13.8. The number of phenols is 1. The summed E-state index contributed by atoms with van der Waals surface area (Å²) in [5.74, 6) is -17.8. The fourth-order valence-corrected chi connectivity index (χ4v) is 17.2. The number of para-hydroxylation sites is 2. The van der Waals surface area contributed by atoms with Crippen LogP contribution in [0.2, 0.25) is 0 Å². The van der Waals surface area contributed by atoms with Crippen molar-refractivity contribution in [3.63, 3.8) is 0 Å². The van der Waals surface area contributed by atoms with Crippen molar-refractivity contribution in [3.8, 4) is 5.75 Å². The number of imidazole rings is 1. The van der Waals surface area contributed by atoms with E-state index in [0.29, 0.717) is 69.9 Å². The average Bonchev–Trinajstić information content (AvgIpc) is 1.62. The third kappa shape index (κ3) is 28.8. The highest BCUT2D eigenvalue weighted by atomic mass is 16.4. The number of aromatic amines is 2. The Balaban J connectivity index is 1.11. The van der Waals surface area contributed by atoms with Gasteiger partial charge in [-0.25, -0.2) is 4.98 Å². The number of aliphatic hydroxyl groups excluding tert-OH is 1. The van der Waals surface area contributed by atoms with Crippen molar-refractivity contribution in [3.05, 3.63) is 120 Å². The highest BCUT2D eigenvalue weighted by molar-refractivity contribution is 6.03. The third-order valence-corrected chi connectivity index (χ3v) is 24.6. The van der Waals surface area contributed by atoms with E-state index in [4.69, 9.17) is 11.5 Å². The van der Waals surface area contributed by atoms with Crippen LogP contribution in [0, 0.1) is 11.8 Å². The van der Waals surface area contributed by atoms with Gasteiger partial charge >= 0.3 is 5.97 Å². The van der Waals surface area contributed by atoms with Crippen LogP contribution < -0.4 is 70.0 Å². The van der Waals surface area contributed by atoms with Gasteiger partial charge in [0.1, 0.15) is 96.9 Å². The smallest absolute Gasteiger partial charge is 0.323 e. The van der Waals surface area contributed by atoms with Crippen molar-refractivity contribution < 1.29 is 102 Å². The molecule has 6 aromatic rings. The van der Waals surface area contributed by atoms with Gasteiger partial charge in [0.25, 0.3) is 0 Å². The minimum atomic E-state index is -1.92. The number of nitrogens with one attached hydrogen (secondary N) is 13. The summed E-state index contributed by atoms with van der Waals surface area (Å²) in [6.45, 7) is 8.21. The zero-order valence-electron chi connectivity index (χ0n) is 78.4. The lowest BCUT2D eigenvalue weighted by molar-refractivity contribution is -0.149. The normalized spacial score (nSPS) is 24.2. The Morgan fingerprint density at radius 1 is 0.529 bits per heavy atom. The molecule has 0 unspecified atom stereocenters. The molecular weight excluding hydrogens is 1760 g/mol. The number of amides is 17. The van der Waals surface area contributed by atoms with E-state index in [1.54, 1.807) is 82.4 Å². The quantitative estimate of drug-likeness (QED) is 0.0288. The van der Waals surface area contributed by atoms with E-state index >= 15 is 38.4 Å². The second-order valence-electron chi connectivity index (χ2n) is 35.9. The fraction of sp³-hybridized carbons (Fsp3) is 0.538. The van der Waals surface area contributed by atoms with Gasteiger partial charge in [0.05, 0.1) is 32.4 Å². The summed E-state index contributed by atoms with van der Waals surface area (Å²) in [4.78, 5) is 279. The van der Waals surface area contributed by atoms with Crippen LogP contribution in [0.4, 0.5) is 0 Å². The Hall–Kier alpha value is -13.9. The number of aliphatic hydroxyl groups is 1. The number of carbonyl (C=O) groups excluding carboxylic acids is 17. The number of hydrogen-bond donors (Lipinski definition) is 18. The van der Waals surface area contributed by atoms with Crippen LogP contribution in [-0.2, 0) is 119 Å². The molecule has 14 atom stereocenters. The highest BCUT2D eigenvalue weighted by Gasteiger charge is 2.46. The van der Waals surface area contributed by atoms with Crippen LogP contribution in [-0.4, -0.2) is 311 Å². The van der Waals surface area contributed by atoms with E-state index in [9.17, 15) is 63.3 Å². The van der Waals surface area contributed by atoms with Crippen molar-refractivity contribution in [2.45, 2.75) is 249 Å². The molecule has 0 aliphatic carbocycles. The minimum absolute atomic E-state index is 0.000875. The molecular formula is C93H130N22O21. The topological polar surface area (TPSA) is 618 Å². The van der Waals surface area contributed by atoms with Crippen molar-refractivity contribution in [2.75, 3.05) is 60.5 Å². The number of nitrogens with zero attached hydrogens (tertiary/aromatic N) is 7. The fourth-order valence-electron chi connectivity index (χ4n) is 17.2. The molecule has 17 amide bonds. The van der Waals surface area contributed by atoms with Crippen LogP contribution in [0.5, 0.6) is 5.75 Å². The van der Waals surface area contributed by atoms with Gasteiger partial charge in [-0.15, -0.1) is 0 Å². The Bertz CT molecular complexity index is 5270. The van der Waals surface area contributed by atoms with E-state index in [-0.39, 0.29) is 101 Å². The van der Waals surface area contributed by atoms with Crippen LogP contribution in [0.25, 0.3) is 21.8 Å². The molecule has 3 aliphatic rings. The van der Waals surface area contributed by atoms with Crippen LogP contribution >= 0.6 is 0 Å². The maximum Gasteiger partial charge on any atom is 0.323 e. The first kappa shape index (κ1) is 106. The maximum absolute atomic E-state index is 15.9. The number of H-pyrrole nitrogens is 2. The first-order valence-electron chi connectivity index (χ1n) is 46.1. The molecule has 3 aromatic heterocycles. The van der Waals surface area contributed by atoms with Crippen LogP contribution in [0.15, 0.2) is 97.7 Å². The van der Waals surface area contributed by atoms with Gasteiger partial charge in [0.15, 0.2) is 0 Å². The number of likely N-dealkylation sites (N-methyl/N-ethyl adjacent to an activating group) is 3. The summed E-state index contributed by atoms with van der Waals surface area (Å²) in [7, 11) is 3.88. The lowest BCUT2D eigenvalue weighted by Gasteiger charge is -2.36. The molecule has 0 spiro atoms. The Labute approximate surface area is 787 Å². The first-order chi connectivity index (χ1) is 64.7. The number of rotatable bonds is 26. The van der Waals surface area contributed by atoms with Gasteiger partial charge in [-0.2, -0.15) is 0 Å². The number of aromatic hydroxyl groups is 1. The standard InChI is InChI=1S/C93H130N22O21/c1-11-13-24-72-86(129)102-62(35-51(3)4)82(125)108-69(81(124)99-45-77(95)119)44-96-46-78(120)101-66(37-54-29-31-58(117)32-30-54)89(132)110(8)53(7)80(123)105-68(41-76(94)118)92(135)115-34-20-28-74(115)88(131)104-64(40-57-43-97-50-100-57)84(127)106-65(36-52(5)6)91(134)114-33-19-27-73(114)87(130)103-63(38-55-42-98-61-23-17-15-21-59(55)61)83(126)109-70(49-116)85(128)107-67(90(133)112(10)75(25-14-12-2)93(136)111(72)9)39-56-47-113(48-79(121)122)71-26-18-16-22-60(56)71/h15-18,21-23,26,29-32,42-43,47,50-53,62-70,72-75,96,98,116-117H,11-14,19-20,24-25,27-28,33-41,44-46,48-49H2,1-10H3,(H2,94,118)(H2,95,119)(H,97,100)(H,99,124)(H,101,120)(H,102,129)(H,103,130)(H,104,131)(H,105,123)(H,106,127)(H,107,128)(H,108,125)(H,109,126)(H,121,122)/t53-,62-,63-,64-,65-,66-,67-,68-,69-,70-,72-,73-,74-,75-/m0/s1. The van der Waals surface area contributed by atoms with Gasteiger partial charge in [-0.1, -0.05) is 116 Å². The molecule has 6 heterocycles. The Morgan fingerprint density at radius 2 is 1.05 bits per heavy atom. The van der Waals surface area contributed by atoms with Crippen LogP contribution in [0.3, 0.4) is 0 Å². The number of carboxylic acids is 1. The number of hydrogen-bond acceptors (Lipinski definition) is 22. The van der Waals surface area contributed by atoms with Crippen molar-refractivity contribution in [1.29, 1.82) is 0 Å². The van der Waals surface area contributed by atoms with Gasteiger partial charge in [0.2, 0.25) is 100 Å².